The highest BCUT2D eigenvalue weighted by molar-refractivity contribution is 5.98. The van der Waals surface area contributed by atoms with Gasteiger partial charge in [-0.05, 0) is 36.8 Å². The Hall–Kier alpha value is -3.78. The average Bonchev–Trinajstić information content (AvgIpc) is 2.90. The summed E-state index contributed by atoms with van der Waals surface area (Å²) in [6.45, 7) is 4.05. The minimum absolute atomic E-state index is 0.179. The molecule has 3 aromatic rings. The van der Waals surface area contributed by atoms with E-state index in [1.54, 1.807) is 37.2 Å². The van der Waals surface area contributed by atoms with Crippen molar-refractivity contribution >= 4 is 11.8 Å². The number of amides is 2. The zero-order valence-electron chi connectivity index (χ0n) is 20.6. The molecule has 4 rings (SSSR count). The molecule has 2 aromatic carbocycles. The molecule has 0 unspecified atom stereocenters. The number of likely N-dealkylation sites (N-methyl/N-ethyl adjacent to an activating group) is 1. The number of aromatic nitrogens is 1. The van der Waals surface area contributed by atoms with E-state index in [-0.39, 0.29) is 42.3 Å². The fourth-order valence-corrected chi connectivity index (χ4v) is 4.30. The summed E-state index contributed by atoms with van der Waals surface area (Å²) in [5, 5.41) is 9.84. The largest absolute Gasteiger partial charge is 0.472 e. The van der Waals surface area contributed by atoms with Gasteiger partial charge in [-0.1, -0.05) is 43.3 Å². The Morgan fingerprint density at radius 2 is 1.94 bits per heavy atom. The first-order chi connectivity index (χ1) is 17.3. The Balaban J connectivity index is 1.67. The summed E-state index contributed by atoms with van der Waals surface area (Å²) in [6.07, 6.45) is 1.16. The first kappa shape index (κ1) is 25.3. The molecule has 0 bridgehead atoms. The number of carbonyl (C=O) groups is 2. The average molecular weight is 492 g/mol. The van der Waals surface area contributed by atoms with Crippen LogP contribution in [0.5, 0.6) is 5.88 Å². The summed E-state index contributed by atoms with van der Waals surface area (Å²) in [6, 6.07) is 16.5. The third kappa shape index (κ3) is 5.39. The van der Waals surface area contributed by atoms with Crippen LogP contribution >= 0.6 is 0 Å². The molecule has 1 aliphatic heterocycles. The molecule has 0 aliphatic carbocycles. The van der Waals surface area contributed by atoms with Gasteiger partial charge in [0.1, 0.15) is 17.5 Å². The summed E-state index contributed by atoms with van der Waals surface area (Å²) >= 11 is 0. The maximum absolute atomic E-state index is 13.7. The number of carbonyl (C=O) groups excluding carboxylic acids is 2. The van der Waals surface area contributed by atoms with Crippen LogP contribution in [0, 0.1) is 11.7 Å². The van der Waals surface area contributed by atoms with E-state index < -0.39 is 18.0 Å². The fourth-order valence-electron chi connectivity index (χ4n) is 4.30. The molecule has 0 radical (unpaired) electrons. The van der Waals surface area contributed by atoms with Crippen molar-refractivity contribution in [1.29, 1.82) is 0 Å². The van der Waals surface area contributed by atoms with E-state index >= 15 is 0 Å². The van der Waals surface area contributed by atoms with Gasteiger partial charge in [-0.15, -0.1) is 0 Å². The normalized spacial score (nSPS) is 18.5. The molecule has 1 aromatic heterocycles. The number of aliphatic hydroxyl groups excluding tert-OH is 1. The molecule has 8 heteroatoms. The summed E-state index contributed by atoms with van der Waals surface area (Å²) in [5.74, 6) is -1.10. The molecule has 3 atom stereocenters. The molecule has 0 saturated carbocycles. The van der Waals surface area contributed by atoms with Crippen molar-refractivity contribution in [2.45, 2.75) is 26.0 Å². The Labute approximate surface area is 210 Å². The Morgan fingerprint density at radius 3 is 2.64 bits per heavy atom. The van der Waals surface area contributed by atoms with E-state index in [4.69, 9.17) is 4.74 Å². The van der Waals surface area contributed by atoms with Gasteiger partial charge in [-0.25, -0.2) is 9.37 Å². The molecular weight excluding hydrogens is 461 g/mol. The molecule has 0 spiro atoms. The van der Waals surface area contributed by atoms with Crippen LogP contribution in [-0.4, -0.2) is 70.6 Å². The van der Waals surface area contributed by atoms with E-state index in [1.165, 1.54) is 23.1 Å². The molecule has 1 N–H and O–H groups in total. The fraction of sp³-hybridized carbons (Fsp3) is 0.321. The lowest BCUT2D eigenvalue weighted by atomic mass is 9.99. The van der Waals surface area contributed by atoms with E-state index in [1.807, 2.05) is 37.3 Å². The van der Waals surface area contributed by atoms with Crippen LogP contribution in [0.15, 0.2) is 66.9 Å². The van der Waals surface area contributed by atoms with Gasteiger partial charge in [0.2, 0.25) is 5.88 Å². The number of hydrogen-bond acceptors (Lipinski definition) is 5. The second kappa shape index (κ2) is 10.9. The maximum atomic E-state index is 13.7. The van der Waals surface area contributed by atoms with Gasteiger partial charge in [0.15, 0.2) is 0 Å². The van der Waals surface area contributed by atoms with Gasteiger partial charge in [-0.3, -0.25) is 9.59 Å². The molecule has 2 amide bonds. The molecule has 7 nitrogen and oxygen atoms in total. The number of benzene rings is 2. The number of fused-ring (bicyclic) bond motifs is 1. The number of nitrogens with zero attached hydrogens (tertiary/aromatic N) is 3. The minimum Gasteiger partial charge on any atom is -0.472 e. The number of rotatable bonds is 6. The van der Waals surface area contributed by atoms with E-state index in [2.05, 4.69) is 4.98 Å². The Kier molecular flexibility index (Phi) is 7.64. The minimum atomic E-state index is -0.497. The predicted octanol–water partition coefficient (Wildman–Crippen LogP) is 3.88. The topological polar surface area (TPSA) is 83.0 Å². The lowest BCUT2D eigenvalue weighted by molar-refractivity contribution is 0.0313. The third-order valence-electron chi connectivity index (χ3n) is 6.50. The standard InChI is InChI=1S/C28H30FN3O4/c1-18-15-32(19(2)17-33)28(35)24-13-22(20-8-5-4-6-9-20)14-30-26(24)36-25(18)16-31(3)27(34)21-10-7-11-23(29)12-21/h4-14,18-19,25,33H,15-17H2,1-3H3/t18-,19-,25+/m0/s1. The van der Waals surface area contributed by atoms with Crippen molar-refractivity contribution in [3.05, 3.63) is 83.8 Å². The van der Waals surface area contributed by atoms with Gasteiger partial charge in [0, 0.05) is 36.8 Å². The second-order valence-electron chi connectivity index (χ2n) is 9.26. The summed E-state index contributed by atoms with van der Waals surface area (Å²) in [7, 11) is 1.63. The third-order valence-corrected chi connectivity index (χ3v) is 6.50. The molecule has 1 aliphatic rings. The Morgan fingerprint density at radius 1 is 1.19 bits per heavy atom. The van der Waals surface area contributed by atoms with Crippen molar-refractivity contribution in [3.8, 4) is 17.0 Å². The highest BCUT2D eigenvalue weighted by Gasteiger charge is 2.35. The summed E-state index contributed by atoms with van der Waals surface area (Å²) in [5.41, 5.74) is 2.22. The zero-order chi connectivity index (χ0) is 25.8. The quantitative estimate of drug-likeness (QED) is 0.566. The number of halogens is 1. The van der Waals surface area contributed by atoms with Crippen LogP contribution in [0.4, 0.5) is 4.39 Å². The molecule has 0 fully saturated rings. The van der Waals surface area contributed by atoms with Crippen molar-refractivity contribution in [3.63, 3.8) is 0 Å². The van der Waals surface area contributed by atoms with Gasteiger partial charge in [0.05, 0.1) is 19.2 Å². The van der Waals surface area contributed by atoms with E-state index in [0.717, 1.165) is 11.1 Å². The molecule has 0 saturated heterocycles. The maximum Gasteiger partial charge on any atom is 0.259 e. The molecule has 2 heterocycles. The lowest BCUT2D eigenvalue weighted by Crippen LogP contribution is -2.50. The van der Waals surface area contributed by atoms with Crippen LogP contribution in [0.2, 0.25) is 0 Å². The van der Waals surface area contributed by atoms with Gasteiger partial charge in [-0.2, -0.15) is 0 Å². The summed E-state index contributed by atoms with van der Waals surface area (Å²) in [4.78, 5) is 34.1. The monoisotopic (exact) mass is 491 g/mol. The van der Waals surface area contributed by atoms with E-state index in [0.29, 0.717) is 12.1 Å². The number of pyridine rings is 1. The van der Waals surface area contributed by atoms with Crippen LogP contribution in [0.25, 0.3) is 11.1 Å². The van der Waals surface area contributed by atoms with Crippen molar-refractivity contribution in [2.75, 3.05) is 26.7 Å². The Bertz CT molecular complexity index is 1240. The predicted molar refractivity (Wildman–Crippen MR) is 134 cm³/mol. The first-order valence-electron chi connectivity index (χ1n) is 11.9. The lowest BCUT2D eigenvalue weighted by Gasteiger charge is -2.37. The summed E-state index contributed by atoms with van der Waals surface area (Å²) < 4.78 is 19.9. The molecular formula is C28H30FN3O4. The van der Waals surface area contributed by atoms with Crippen LogP contribution in [0.1, 0.15) is 34.6 Å². The number of aliphatic hydroxyl groups is 1. The smallest absolute Gasteiger partial charge is 0.259 e. The SMILES string of the molecule is C[C@H]1CN([C@@H](C)CO)C(=O)c2cc(-c3ccccc3)cnc2O[C@@H]1CN(C)C(=O)c1cccc(F)c1. The number of hydrogen-bond donors (Lipinski definition) is 1. The van der Waals surface area contributed by atoms with Crippen molar-refractivity contribution in [1.82, 2.24) is 14.8 Å². The van der Waals surface area contributed by atoms with Crippen LogP contribution < -0.4 is 4.74 Å². The van der Waals surface area contributed by atoms with Crippen LogP contribution in [-0.2, 0) is 0 Å². The van der Waals surface area contributed by atoms with Crippen LogP contribution in [0.3, 0.4) is 0 Å². The number of ether oxygens (including phenoxy) is 1. The first-order valence-corrected chi connectivity index (χ1v) is 11.9. The molecule has 188 valence electrons. The second-order valence-corrected chi connectivity index (χ2v) is 9.26. The van der Waals surface area contributed by atoms with Crippen molar-refractivity contribution < 1.29 is 23.8 Å². The van der Waals surface area contributed by atoms with Gasteiger partial charge in [0.25, 0.3) is 11.8 Å². The molecule has 36 heavy (non-hydrogen) atoms. The van der Waals surface area contributed by atoms with E-state index in [9.17, 15) is 19.1 Å². The highest BCUT2D eigenvalue weighted by atomic mass is 19.1. The van der Waals surface area contributed by atoms with Gasteiger partial charge >= 0.3 is 0 Å². The zero-order valence-corrected chi connectivity index (χ0v) is 20.6. The highest BCUT2D eigenvalue weighted by Crippen LogP contribution is 2.30. The van der Waals surface area contributed by atoms with Gasteiger partial charge < -0.3 is 19.6 Å². The van der Waals surface area contributed by atoms with Crippen molar-refractivity contribution in [2.24, 2.45) is 5.92 Å².